The molecular weight excluding hydrogens is 178 g/mol. The van der Waals surface area contributed by atoms with E-state index >= 15 is 0 Å². The van der Waals surface area contributed by atoms with E-state index in [0.717, 1.165) is 17.4 Å². The van der Waals surface area contributed by atoms with Crippen molar-refractivity contribution >= 4 is 6.29 Å². The first-order valence-electron chi connectivity index (χ1n) is 4.06. The van der Waals surface area contributed by atoms with Gasteiger partial charge in [-0.3, -0.25) is 9.78 Å². The van der Waals surface area contributed by atoms with E-state index in [4.69, 9.17) is 0 Å². The van der Waals surface area contributed by atoms with Crippen LogP contribution in [0.2, 0.25) is 0 Å². The summed E-state index contributed by atoms with van der Waals surface area (Å²) in [5.74, 6) is 0. The fraction of sp³-hybridized carbons (Fsp3) is 0. The van der Waals surface area contributed by atoms with Crippen LogP contribution in [0.25, 0.3) is 11.1 Å². The summed E-state index contributed by atoms with van der Waals surface area (Å²) in [6, 6.07) is 1.75. The Morgan fingerprint density at radius 1 is 0.929 bits per heavy atom. The molecule has 0 unspecified atom stereocenters. The minimum atomic E-state index is 0.548. The Morgan fingerprint density at radius 3 is 2.36 bits per heavy atom. The molecule has 2 aromatic heterocycles. The standard InChI is InChI=1S/C10H7N3O/c14-6-8-1-9(3-11-2-8)10-4-12-7-13-5-10/h1-7H. The molecule has 0 aliphatic heterocycles. The monoisotopic (exact) mass is 185 g/mol. The van der Waals surface area contributed by atoms with Crippen molar-refractivity contribution in [3.63, 3.8) is 0 Å². The molecule has 2 rings (SSSR count). The van der Waals surface area contributed by atoms with Gasteiger partial charge in [-0.25, -0.2) is 9.97 Å². The summed E-state index contributed by atoms with van der Waals surface area (Å²) in [5.41, 5.74) is 2.24. The second-order valence-electron chi connectivity index (χ2n) is 2.75. The molecule has 0 amide bonds. The number of rotatable bonds is 2. The van der Waals surface area contributed by atoms with E-state index in [9.17, 15) is 4.79 Å². The van der Waals surface area contributed by atoms with Crippen molar-refractivity contribution in [2.45, 2.75) is 0 Å². The van der Waals surface area contributed by atoms with E-state index in [1.165, 1.54) is 12.5 Å². The molecule has 0 aliphatic rings. The van der Waals surface area contributed by atoms with Crippen LogP contribution in [0.3, 0.4) is 0 Å². The minimum absolute atomic E-state index is 0.548. The van der Waals surface area contributed by atoms with Crippen LogP contribution in [-0.2, 0) is 0 Å². The van der Waals surface area contributed by atoms with Gasteiger partial charge in [0, 0.05) is 41.5 Å². The maximum Gasteiger partial charge on any atom is 0.151 e. The third kappa shape index (κ3) is 1.64. The van der Waals surface area contributed by atoms with Gasteiger partial charge >= 0.3 is 0 Å². The van der Waals surface area contributed by atoms with Gasteiger partial charge < -0.3 is 0 Å². The van der Waals surface area contributed by atoms with Crippen molar-refractivity contribution in [3.8, 4) is 11.1 Å². The van der Waals surface area contributed by atoms with E-state index < -0.39 is 0 Å². The second kappa shape index (κ2) is 3.74. The lowest BCUT2D eigenvalue weighted by Gasteiger charge is -1.99. The topological polar surface area (TPSA) is 55.7 Å². The summed E-state index contributed by atoms with van der Waals surface area (Å²) in [7, 11) is 0. The molecule has 0 bridgehead atoms. The van der Waals surface area contributed by atoms with Crippen LogP contribution in [-0.4, -0.2) is 21.2 Å². The average molecular weight is 185 g/mol. The molecular formula is C10H7N3O. The van der Waals surface area contributed by atoms with E-state index in [-0.39, 0.29) is 0 Å². The van der Waals surface area contributed by atoms with Crippen LogP contribution in [0, 0.1) is 0 Å². The maximum atomic E-state index is 10.5. The van der Waals surface area contributed by atoms with E-state index in [2.05, 4.69) is 15.0 Å². The zero-order valence-corrected chi connectivity index (χ0v) is 7.29. The number of pyridine rings is 1. The smallest absolute Gasteiger partial charge is 0.151 e. The Kier molecular flexibility index (Phi) is 2.27. The molecule has 0 spiro atoms. The van der Waals surface area contributed by atoms with Crippen molar-refractivity contribution < 1.29 is 4.79 Å². The molecule has 2 aromatic rings. The van der Waals surface area contributed by atoms with Crippen molar-refractivity contribution in [1.29, 1.82) is 0 Å². The van der Waals surface area contributed by atoms with E-state index in [1.807, 2.05) is 0 Å². The lowest BCUT2D eigenvalue weighted by molar-refractivity contribution is 0.112. The van der Waals surface area contributed by atoms with E-state index in [0.29, 0.717) is 5.56 Å². The normalized spacial score (nSPS) is 9.71. The van der Waals surface area contributed by atoms with Gasteiger partial charge in [-0.05, 0) is 6.07 Å². The molecule has 0 saturated carbocycles. The van der Waals surface area contributed by atoms with Gasteiger partial charge in [0.25, 0.3) is 0 Å². The lowest BCUT2D eigenvalue weighted by atomic mass is 10.1. The highest BCUT2D eigenvalue weighted by atomic mass is 16.1. The molecule has 4 heteroatoms. The molecule has 0 radical (unpaired) electrons. The molecule has 2 heterocycles. The molecule has 4 nitrogen and oxygen atoms in total. The summed E-state index contributed by atoms with van der Waals surface area (Å²) in [4.78, 5) is 22.2. The number of carbonyl (C=O) groups is 1. The van der Waals surface area contributed by atoms with Gasteiger partial charge in [0.2, 0.25) is 0 Å². The quantitative estimate of drug-likeness (QED) is 0.662. The van der Waals surface area contributed by atoms with Gasteiger partial charge in [-0.2, -0.15) is 0 Å². The van der Waals surface area contributed by atoms with Crippen LogP contribution in [0.5, 0.6) is 0 Å². The van der Waals surface area contributed by atoms with Gasteiger partial charge in [-0.1, -0.05) is 0 Å². The zero-order chi connectivity index (χ0) is 9.80. The lowest BCUT2D eigenvalue weighted by Crippen LogP contribution is -1.86. The number of nitrogens with zero attached hydrogens (tertiary/aromatic N) is 3. The Balaban J connectivity index is 2.47. The molecule has 0 fully saturated rings. The van der Waals surface area contributed by atoms with Crippen LogP contribution in [0.1, 0.15) is 10.4 Å². The SMILES string of the molecule is O=Cc1cncc(-c2cncnc2)c1. The van der Waals surface area contributed by atoms with Crippen molar-refractivity contribution in [1.82, 2.24) is 15.0 Å². The molecule has 0 atom stereocenters. The second-order valence-corrected chi connectivity index (χ2v) is 2.75. The zero-order valence-electron chi connectivity index (χ0n) is 7.29. The molecule has 0 N–H and O–H groups in total. The molecule has 0 aliphatic carbocycles. The third-order valence-corrected chi connectivity index (χ3v) is 1.79. The Bertz CT molecular complexity index is 442. The van der Waals surface area contributed by atoms with Crippen LogP contribution < -0.4 is 0 Å². The number of hydrogen-bond donors (Lipinski definition) is 0. The fourth-order valence-corrected chi connectivity index (χ4v) is 1.13. The highest BCUT2D eigenvalue weighted by Crippen LogP contribution is 2.15. The predicted molar refractivity (Wildman–Crippen MR) is 50.7 cm³/mol. The van der Waals surface area contributed by atoms with Gasteiger partial charge in [-0.15, -0.1) is 0 Å². The summed E-state index contributed by atoms with van der Waals surface area (Å²) < 4.78 is 0. The highest BCUT2D eigenvalue weighted by molar-refractivity contribution is 5.77. The van der Waals surface area contributed by atoms with Crippen LogP contribution in [0.15, 0.2) is 37.2 Å². The Labute approximate surface area is 80.7 Å². The molecule has 68 valence electrons. The number of aromatic nitrogens is 3. The number of carbonyl (C=O) groups excluding carboxylic acids is 1. The largest absolute Gasteiger partial charge is 0.298 e. The van der Waals surface area contributed by atoms with E-state index in [1.54, 1.807) is 24.7 Å². The predicted octanol–water partition coefficient (Wildman–Crippen LogP) is 1.35. The first-order valence-corrected chi connectivity index (χ1v) is 4.06. The first kappa shape index (κ1) is 8.50. The average Bonchev–Trinajstić information content (AvgIpc) is 2.30. The minimum Gasteiger partial charge on any atom is -0.298 e. The van der Waals surface area contributed by atoms with Crippen LogP contribution >= 0.6 is 0 Å². The highest BCUT2D eigenvalue weighted by Gasteiger charge is 1.99. The van der Waals surface area contributed by atoms with Gasteiger partial charge in [0.1, 0.15) is 6.33 Å². The van der Waals surface area contributed by atoms with Crippen molar-refractivity contribution in [2.75, 3.05) is 0 Å². The maximum absolute atomic E-state index is 10.5. The summed E-state index contributed by atoms with van der Waals surface area (Å²) in [5, 5.41) is 0. The summed E-state index contributed by atoms with van der Waals surface area (Å²) in [6.07, 6.45) is 8.77. The van der Waals surface area contributed by atoms with Gasteiger partial charge in [0.15, 0.2) is 6.29 Å². The van der Waals surface area contributed by atoms with Gasteiger partial charge in [0.05, 0.1) is 0 Å². The number of aldehydes is 1. The van der Waals surface area contributed by atoms with Crippen molar-refractivity contribution in [2.24, 2.45) is 0 Å². The molecule has 14 heavy (non-hydrogen) atoms. The fourth-order valence-electron chi connectivity index (χ4n) is 1.13. The molecule has 0 aromatic carbocycles. The third-order valence-electron chi connectivity index (χ3n) is 1.79. The molecule has 0 saturated heterocycles. The van der Waals surface area contributed by atoms with Crippen LogP contribution in [0.4, 0.5) is 0 Å². The summed E-state index contributed by atoms with van der Waals surface area (Å²) >= 11 is 0. The Hall–Kier alpha value is -2.10. The number of hydrogen-bond acceptors (Lipinski definition) is 4. The first-order chi connectivity index (χ1) is 6.90. The summed E-state index contributed by atoms with van der Waals surface area (Å²) in [6.45, 7) is 0. The Morgan fingerprint density at radius 2 is 1.64 bits per heavy atom. The van der Waals surface area contributed by atoms with Crippen molar-refractivity contribution in [3.05, 3.63) is 42.7 Å².